The maximum atomic E-state index is 12.4. The predicted molar refractivity (Wildman–Crippen MR) is 83.1 cm³/mol. The van der Waals surface area contributed by atoms with Gasteiger partial charge in [-0.15, -0.1) is 0 Å². The molecule has 0 unspecified atom stereocenters. The Morgan fingerprint density at radius 1 is 1.15 bits per heavy atom. The molecule has 7 heteroatoms. The smallest absolute Gasteiger partial charge is 0.265 e. The highest BCUT2D eigenvalue weighted by Gasteiger charge is 2.21. The second-order valence-corrected chi connectivity index (χ2v) is 6.94. The number of anilines is 2. The Bertz CT molecular complexity index is 743. The van der Waals surface area contributed by atoms with E-state index in [0.29, 0.717) is 5.56 Å². The van der Waals surface area contributed by atoms with Gasteiger partial charge in [-0.05, 0) is 53.0 Å². The number of halogens is 1. The van der Waals surface area contributed by atoms with Crippen molar-refractivity contribution in [2.45, 2.75) is 18.7 Å². The number of hydrogen-bond donors (Lipinski definition) is 2. The Kier molecular flexibility index (Phi) is 4.01. The van der Waals surface area contributed by atoms with E-state index in [1.165, 1.54) is 6.20 Å². The molecule has 1 aromatic carbocycles. The van der Waals surface area contributed by atoms with Gasteiger partial charge in [-0.25, -0.2) is 13.4 Å². The van der Waals surface area contributed by atoms with Crippen molar-refractivity contribution in [3.05, 3.63) is 46.1 Å². The summed E-state index contributed by atoms with van der Waals surface area (Å²) >= 11 is 3.24. The summed E-state index contributed by atoms with van der Waals surface area (Å²) in [6, 6.07) is 6.80. The van der Waals surface area contributed by atoms with Crippen LogP contribution in [0.25, 0.3) is 0 Å². The molecule has 0 saturated heterocycles. The summed E-state index contributed by atoms with van der Waals surface area (Å²) in [5, 5.41) is 0. The van der Waals surface area contributed by atoms with E-state index in [4.69, 9.17) is 5.73 Å². The number of hydrogen-bond acceptors (Lipinski definition) is 4. The number of aryl methyl sites for hydroxylation is 2. The number of nitrogens with zero attached hydrogens (tertiary/aromatic N) is 1. The number of nitrogen functional groups attached to an aromatic ring is 1. The minimum absolute atomic E-state index is 0.0993. The van der Waals surface area contributed by atoms with Gasteiger partial charge < -0.3 is 5.73 Å². The molecule has 0 spiro atoms. The van der Waals surface area contributed by atoms with Crippen molar-refractivity contribution in [2.24, 2.45) is 0 Å². The van der Waals surface area contributed by atoms with Crippen LogP contribution in [-0.2, 0) is 10.0 Å². The molecule has 3 N–H and O–H groups in total. The minimum atomic E-state index is -3.76. The highest BCUT2D eigenvalue weighted by atomic mass is 79.9. The van der Waals surface area contributed by atoms with Gasteiger partial charge in [0, 0.05) is 10.7 Å². The number of nitrogens with one attached hydrogen (secondary N) is 1. The van der Waals surface area contributed by atoms with Crippen molar-refractivity contribution in [1.82, 2.24) is 4.98 Å². The highest BCUT2D eigenvalue weighted by Crippen LogP contribution is 2.27. The Hall–Kier alpha value is -1.60. The van der Waals surface area contributed by atoms with Gasteiger partial charge in [0.15, 0.2) is 0 Å². The lowest BCUT2D eigenvalue weighted by Gasteiger charge is -2.13. The number of nitrogens with two attached hydrogens (primary N) is 1. The summed E-state index contributed by atoms with van der Waals surface area (Å²) in [5.41, 5.74) is 7.48. The Labute approximate surface area is 126 Å². The lowest BCUT2D eigenvalue weighted by molar-refractivity contribution is 0.601. The van der Waals surface area contributed by atoms with E-state index < -0.39 is 10.0 Å². The highest BCUT2D eigenvalue weighted by molar-refractivity contribution is 9.10. The van der Waals surface area contributed by atoms with Crippen molar-refractivity contribution < 1.29 is 8.42 Å². The molecule has 5 nitrogen and oxygen atoms in total. The lowest BCUT2D eigenvalue weighted by atomic mass is 10.1. The lowest BCUT2D eigenvalue weighted by Crippen LogP contribution is -2.17. The fourth-order valence-electron chi connectivity index (χ4n) is 1.79. The minimum Gasteiger partial charge on any atom is -0.397 e. The molecule has 1 aromatic heterocycles. The third-order valence-corrected chi connectivity index (χ3v) is 4.87. The third-order valence-electron chi connectivity index (χ3n) is 2.85. The van der Waals surface area contributed by atoms with Crippen molar-refractivity contribution in [3.63, 3.8) is 0 Å². The van der Waals surface area contributed by atoms with Gasteiger partial charge in [0.2, 0.25) is 0 Å². The third kappa shape index (κ3) is 2.94. The number of rotatable bonds is 3. The van der Waals surface area contributed by atoms with E-state index in [1.807, 2.05) is 0 Å². The molecule has 0 radical (unpaired) electrons. The van der Waals surface area contributed by atoms with Crippen molar-refractivity contribution in [3.8, 4) is 0 Å². The molecule has 0 atom stereocenters. The number of aromatic nitrogens is 1. The van der Waals surface area contributed by atoms with Gasteiger partial charge in [0.1, 0.15) is 10.7 Å². The normalized spacial score (nSPS) is 11.3. The summed E-state index contributed by atoms with van der Waals surface area (Å²) in [6.45, 7) is 3.48. The first-order valence-corrected chi connectivity index (χ1v) is 8.09. The van der Waals surface area contributed by atoms with E-state index in [9.17, 15) is 8.42 Å². The van der Waals surface area contributed by atoms with Crippen LogP contribution in [0.1, 0.15) is 11.1 Å². The van der Waals surface area contributed by atoms with Crippen molar-refractivity contribution >= 4 is 37.5 Å². The molecule has 0 fully saturated rings. The van der Waals surface area contributed by atoms with Crippen molar-refractivity contribution in [1.29, 1.82) is 0 Å². The zero-order valence-corrected chi connectivity index (χ0v) is 13.4. The van der Waals surface area contributed by atoms with Crippen LogP contribution >= 0.6 is 15.9 Å². The van der Waals surface area contributed by atoms with E-state index in [-0.39, 0.29) is 16.4 Å². The molecule has 20 heavy (non-hydrogen) atoms. The quantitative estimate of drug-likeness (QED) is 0.829. The maximum Gasteiger partial charge on any atom is 0.265 e. The molecule has 2 rings (SSSR count). The van der Waals surface area contributed by atoms with Gasteiger partial charge in [0.05, 0.1) is 5.69 Å². The summed E-state index contributed by atoms with van der Waals surface area (Å²) in [7, 11) is -3.76. The zero-order chi connectivity index (χ0) is 14.9. The summed E-state index contributed by atoms with van der Waals surface area (Å²) in [6.07, 6.45) is 1.52. The van der Waals surface area contributed by atoms with Crippen LogP contribution in [0.15, 0.2) is 39.8 Å². The second kappa shape index (κ2) is 5.41. The van der Waals surface area contributed by atoms with Gasteiger partial charge in [-0.2, -0.15) is 0 Å². The molecular weight excluding hydrogens is 342 g/mol. The number of pyridine rings is 1. The Balaban J connectivity index is 2.46. The number of benzene rings is 1. The molecule has 0 aliphatic rings. The molecule has 0 aliphatic heterocycles. The van der Waals surface area contributed by atoms with E-state index in [1.54, 1.807) is 38.1 Å². The van der Waals surface area contributed by atoms with Crippen molar-refractivity contribution in [2.75, 3.05) is 10.5 Å². The molecule has 0 saturated carbocycles. The molecule has 0 aliphatic carbocycles. The Morgan fingerprint density at radius 3 is 2.40 bits per heavy atom. The second-order valence-electron chi connectivity index (χ2n) is 4.41. The van der Waals surface area contributed by atoms with Crippen LogP contribution in [0.4, 0.5) is 11.5 Å². The van der Waals surface area contributed by atoms with Crippen LogP contribution in [0.3, 0.4) is 0 Å². The van der Waals surface area contributed by atoms with Gasteiger partial charge >= 0.3 is 0 Å². The summed E-state index contributed by atoms with van der Waals surface area (Å²) in [5.74, 6) is 0.244. The monoisotopic (exact) mass is 355 g/mol. The average molecular weight is 356 g/mol. The molecule has 0 amide bonds. The van der Waals surface area contributed by atoms with E-state index in [0.717, 1.165) is 10.0 Å². The topological polar surface area (TPSA) is 85.1 Å². The molecular formula is C13H14BrN3O2S. The van der Waals surface area contributed by atoms with Crippen LogP contribution < -0.4 is 10.5 Å². The zero-order valence-electron chi connectivity index (χ0n) is 11.0. The van der Waals surface area contributed by atoms with Gasteiger partial charge in [0.25, 0.3) is 10.0 Å². The largest absolute Gasteiger partial charge is 0.397 e. The predicted octanol–water partition coefficient (Wildman–Crippen LogP) is 2.84. The summed E-state index contributed by atoms with van der Waals surface area (Å²) < 4.78 is 28.1. The molecule has 1 heterocycles. The first-order valence-electron chi connectivity index (χ1n) is 5.81. The fourth-order valence-corrected chi connectivity index (χ4v) is 3.46. The van der Waals surface area contributed by atoms with Crippen LogP contribution in [0.2, 0.25) is 0 Å². The summed E-state index contributed by atoms with van der Waals surface area (Å²) in [4.78, 5) is 4.09. The fraction of sp³-hybridized carbons (Fsp3) is 0.154. The van der Waals surface area contributed by atoms with Crippen LogP contribution in [0.5, 0.6) is 0 Å². The van der Waals surface area contributed by atoms with Crippen LogP contribution in [-0.4, -0.2) is 13.4 Å². The number of sulfonamides is 1. The van der Waals surface area contributed by atoms with E-state index >= 15 is 0 Å². The maximum absolute atomic E-state index is 12.4. The Morgan fingerprint density at radius 2 is 1.80 bits per heavy atom. The molecule has 106 valence electrons. The van der Waals surface area contributed by atoms with Gasteiger partial charge in [-0.3, -0.25) is 4.72 Å². The standard InChI is InChI=1S/C13H14BrN3O2S/c1-8-3-4-9(2)13(12(8)15)20(18,19)17-11-6-5-10(14)7-16-11/h3-7H,15H2,1-2H3,(H,16,17). The molecule has 2 aromatic rings. The average Bonchev–Trinajstić information content (AvgIpc) is 2.37. The molecule has 0 bridgehead atoms. The SMILES string of the molecule is Cc1ccc(C)c(S(=O)(=O)Nc2ccc(Br)cn2)c1N. The first-order chi connectivity index (χ1) is 9.31. The van der Waals surface area contributed by atoms with E-state index in [2.05, 4.69) is 25.6 Å². The van der Waals surface area contributed by atoms with Gasteiger partial charge in [-0.1, -0.05) is 12.1 Å². The first kappa shape index (κ1) is 14.8. The van der Waals surface area contributed by atoms with Crippen LogP contribution in [0, 0.1) is 13.8 Å².